The fourth-order valence-electron chi connectivity index (χ4n) is 1.11. The Morgan fingerprint density at radius 2 is 2.00 bits per heavy atom. The number of benzene rings is 1. The number of carbonyl (C=O) groups excluding carboxylic acids is 1. The van der Waals surface area contributed by atoms with Gasteiger partial charge in [-0.1, -0.05) is 0 Å². The summed E-state index contributed by atoms with van der Waals surface area (Å²) in [5.41, 5.74) is 2.00. The number of nitrogens with one attached hydrogen (secondary N) is 2. The Balaban J connectivity index is 2.40. The van der Waals surface area contributed by atoms with Gasteiger partial charge in [-0.3, -0.25) is 0 Å². The van der Waals surface area contributed by atoms with E-state index in [1.807, 2.05) is 24.3 Å². The van der Waals surface area contributed by atoms with E-state index in [0.717, 1.165) is 11.1 Å². The Morgan fingerprint density at radius 1 is 1.38 bits per heavy atom. The maximum absolute atomic E-state index is 11.1. The second kappa shape index (κ2) is 7.47. The topological polar surface area (TPSA) is 76.4 Å². The van der Waals surface area contributed by atoms with Crippen LogP contribution in [-0.2, 0) is 17.8 Å². The summed E-state index contributed by atoms with van der Waals surface area (Å²) in [7, 11) is 4.96. The Bertz CT molecular complexity index is 334. The first-order valence-corrected chi connectivity index (χ1v) is 6.84. The quantitative estimate of drug-likeness (QED) is 0.305. The third-order valence-corrected chi connectivity index (χ3v) is 2.67. The summed E-state index contributed by atoms with van der Waals surface area (Å²) in [5.74, 6) is 0. The minimum atomic E-state index is -0.718. The van der Waals surface area contributed by atoms with E-state index < -0.39 is 21.8 Å². The molecule has 86 valence electrons. The van der Waals surface area contributed by atoms with Crippen LogP contribution in [0.25, 0.3) is 0 Å². The van der Waals surface area contributed by atoms with E-state index in [2.05, 4.69) is 13.5 Å². The first kappa shape index (κ1) is 13.3. The molecule has 0 aromatic heterocycles. The normalized spacial score (nSPS) is 10.1. The van der Waals surface area contributed by atoms with E-state index in [1.165, 1.54) is 0 Å². The van der Waals surface area contributed by atoms with Gasteiger partial charge in [0.25, 0.3) is 0 Å². The standard InChI is InChI=1S/C9H12BIN3O2/c10-16-6-8-3-1-7(2-4-8)5-13-9(15)14-11-12/h1-4H,5-6,12H2,(H2,13,14,15)/q-1. The monoisotopic (exact) mass is 332 g/mol. The molecule has 0 aliphatic rings. The van der Waals surface area contributed by atoms with Crippen LogP contribution < -0.4 is 34.5 Å². The van der Waals surface area contributed by atoms with Crippen molar-refractivity contribution in [3.8, 4) is 0 Å². The number of amides is 2. The van der Waals surface area contributed by atoms with Gasteiger partial charge in [0.05, 0.1) is 0 Å². The molecule has 0 aliphatic carbocycles. The number of halogens is 1. The van der Waals surface area contributed by atoms with Crippen molar-refractivity contribution in [2.45, 2.75) is 13.2 Å². The molecular formula is C9H12BIN3O2-. The number of urea groups is 1. The van der Waals surface area contributed by atoms with Gasteiger partial charge in [0.2, 0.25) is 0 Å². The molecule has 0 saturated heterocycles. The van der Waals surface area contributed by atoms with Gasteiger partial charge in [-0.15, -0.1) is 0 Å². The third-order valence-electron chi connectivity index (χ3n) is 1.87. The molecule has 1 aromatic carbocycles. The van der Waals surface area contributed by atoms with Crippen molar-refractivity contribution in [3.05, 3.63) is 35.4 Å². The van der Waals surface area contributed by atoms with E-state index >= 15 is 0 Å². The maximum atomic E-state index is 11.1. The minimum absolute atomic E-state index is 0.232. The Hall–Kier alpha value is -0.795. The second-order valence-electron chi connectivity index (χ2n) is 3.01. The summed E-state index contributed by atoms with van der Waals surface area (Å²) in [6.45, 7) is 0.852. The first-order valence-electron chi connectivity index (χ1n) is 4.52. The van der Waals surface area contributed by atoms with E-state index in [4.69, 9.17) is 12.0 Å². The zero-order valence-electron chi connectivity index (χ0n) is 8.57. The molecule has 0 aliphatic heterocycles. The Morgan fingerprint density at radius 3 is 2.56 bits per heavy atom. The van der Waals surface area contributed by atoms with Gasteiger partial charge in [0.1, 0.15) is 0 Å². The molecule has 0 saturated carbocycles. The first-order chi connectivity index (χ1) is 7.76. The number of hydrogen-bond donors (Lipinski definition) is 3. The fourth-order valence-corrected chi connectivity index (χ4v) is 1.59. The molecule has 2 radical (unpaired) electrons. The summed E-state index contributed by atoms with van der Waals surface area (Å²) in [6.07, 6.45) is 0. The van der Waals surface area contributed by atoms with Crippen LogP contribution in [0.3, 0.4) is 0 Å². The average Bonchev–Trinajstić information content (AvgIpc) is 2.29. The van der Waals surface area contributed by atoms with Crippen molar-refractivity contribution < 1.29 is 31.2 Å². The zero-order valence-corrected chi connectivity index (χ0v) is 10.7. The molecular weight excluding hydrogens is 320 g/mol. The van der Waals surface area contributed by atoms with Crippen LogP contribution in [0.2, 0.25) is 0 Å². The van der Waals surface area contributed by atoms with Crippen molar-refractivity contribution in [1.82, 2.24) is 8.85 Å². The molecule has 0 unspecified atom stereocenters. The van der Waals surface area contributed by atoms with Gasteiger partial charge in [0, 0.05) is 0 Å². The molecule has 16 heavy (non-hydrogen) atoms. The van der Waals surface area contributed by atoms with Gasteiger partial charge in [-0.05, 0) is 0 Å². The van der Waals surface area contributed by atoms with Gasteiger partial charge in [-0.25, -0.2) is 0 Å². The summed E-state index contributed by atoms with van der Waals surface area (Å²) in [6, 6.07) is 7.39. The molecule has 0 atom stereocenters. The molecule has 2 amide bonds. The molecule has 0 spiro atoms. The molecule has 1 aromatic rings. The molecule has 0 fully saturated rings. The van der Waals surface area contributed by atoms with Crippen molar-refractivity contribution in [1.29, 1.82) is 0 Å². The van der Waals surface area contributed by atoms with E-state index in [9.17, 15) is 4.79 Å². The summed E-state index contributed by atoms with van der Waals surface area (Å²) in [4.78, 5) is 11.1. The van der Waals surface area contributed by atoms with Crippen LogP contribution in [0.4, 0.5) is 4.79 Å². The molecule has 0 heterocycles. The van der Waals surface area contributed by atoms with Gasteiger partial charge in [-0.2, -0.15) is 0 Å². The van der Waals surface area contributed by atoms with Gasteiger partial charge in [0.15, 0.2) is 0 Å². The summed E-state index contributed by atoms with van der Waals surface area (Å²) >= 11 is -0.718. The van der Waals surface area contributed by atoms with E-state index in [-0.39, 0.29) is 6.03 Å². The molecule has 5 nitrogen and oxygen atoms in total. The SMILES string of the molecule is [B]OCc1ccc(CNC(=O)N[I-]N)cc1. The average molecular weight is 332 g/mol. The number of carbonyl (C=O) groups is 1. The molecule has 4 N–H and O–H groups in total. The van der Waals surface area contributed by atoms with E-state index in [1.54, 1.807) is 0 Å². The van der Waals surface area contributed by atoms with Crippen LogP contribution in [0, 0.1) is 0 Å². The predicted molar refractivity (Wildman–Crippen MR) is 56.5 cm³/mol. The molecule has 0 bridgehead atoms. The number of nitrogens with two attached hydrogens (primary N) is 1. The molecule has 7 heteroatoms. The third kappa shape index (κ3) is 4.82. The Labute approximate surface area is 107 Å². The predicted octanol–water partition coefficient (Wildman–Crippen LogP) is -3.04. The van der Waals surface area contributed by atoms with E-state index in [0.29, 0.717) is 13.2 Å². The number of rotatable bonds is 5. The fraction of sp³-hybridized carbons (Fsp3) is 0.222. The summed E-state index contributed by atoms with van der Waals surface area (Å²) in [5, 5.41) is 2.69. The van der Waals surface area contributed by atoms with Crippen molar-refractivity contribution in [2.75, 3.05) is 0 Å². The van der Waals surface area contributed by atoms with Crippen LogP contribution in [0.15, 0.2) is 24.3 Å². The van der Waals surface area contributed by atoms with Crippen LogP contribution in [-0.4, -0.2) is 14.1 Å². The van der Waals surface area contributed by atoms with Crippen molar-refractivity contribution >= 4 is 14.1 Å². The zero-order chi connectivity index (χ0) is 11.8. The van der Waals surface area contributed by atoms with Crippen LogP contribution in [0.1, 0.15) is 11.1 Å². The molecule has 1 rings (SSSR count). The summed E-state index contributed by atoms with van der Waals surface area (Å²) < 4.78 is 12.3. The number of hydrogen-bond acceptors (Lipinski definition) is 3. The van der Waals surface area contributed by atoms with Crippen molar-refractivity contribution in [3.63, 3.8) is 0 Å². The van der Waals surface area contributed by atoms with Crippen LogP contribution >= 0.6 is 0 Å². The van der Waals surface area contributed by atoms with Crippen molar-refractivity contribution in [2.24, 2.45) is 3.95 Å². The van der Waals surface area contributed by atoms with Gasteiger partial charge < -0.3 is 0 Å². The second-order valence-corrected chi connectivity index (χ2v) is 4.18. The van der Waals surface area contributed by atoms with Crippen LogP contribution in [0.5, 0.6) is 0 Å². The van der Waals surface area contributed by atoms with Gasteiger partial charge >= 0.3 is 107 Å². The Kier molecular flexibility index (Phi) is 6.20.